The van der Waals surface area contributed by atoms with Crippen molar-refractivity contribution in [3.63, 3.8) is 0 Å². The Labute approximate surface area is 146 Å². The van der Waals surface area contributed by atoms with Gasteiger partial charge in [-0.15, -0.1) is 0 Å². The van der Waals surface area contributed by atoms with E-state index in [1.54, 1.807) is 6.07 Å². The first-order chi connectivity index (χ1) is 11.6. The molecule has 0 atom stereocenters. The van der Waals surface area contributed by atoms with Crippen molar-refractivity contribution in [1.82, 2.24) is 9.97 Å². The van der Waals surface area contributed by atoms with Gasteiger partial charge in [-0.05, 0) is 42.0 Å². The van der Waals surface area contributed by atoms with Crippen molar-refractivity contribution in [3.05, 3.63) is 53.2 Å². The molecule has 2 aromatic heterocycles. The van der Waals surface area contributed by atoms with Crippen molar-refractivity contribution in [1.29, 1.82) is 0 Å². The number of hydrogen-bond donors (Lipinski definition) is 3. The summed E-state index contributed by atoms with van der Waals surface area (Å²) in [6, 6.07) is 11.1. The quantitative estimate of drug-likeness (QED) is 0.481. The fourth-order valence-corrected chi connectivity index (χ4v) is 3.67. The molecule has 5 nitrogen and oxygen atoms in total. The average Bonchev–Trinajstić information content (AvgIpc) is 3.10. The van der Waals surface area contributed by atoms with Crippen molar-refractivity contribution >= 4 is 60.8 Å². The fourth-order valence-electron chi connectivity index (χ4n) is 2.63. The fraction of sp³-hybridized carbons (Fsp3) is 0.0588. The number of rotatable bonds is 3. The zero-order valence-corrected chi connectivity index (χ0v) is 14.0. The van der Waals surface area contributed by atoms with Gasteiger partial charge < -0.3 is 16.0 Å². The number of aromatic amines is 1. The molecular formula is C17H13ClN4OS. The highest BCUT2D eigenvalue weighted by molar-refractivity contribution is 7.22. The van der Waals surface area contributed by atoms with Crippen LogP contribution in [0.15, 0.2) is 42.6 Å². The largest absolute Gasteiger partial charge is 0.399 e. The highest BCUT2D eigenvalue weighted by Crippen LogP contribution is 2.28. The molecule has 4 aromatic rings. The molecule has 0 fully saturated rings. The Bertz CT molecular complexity index is 1070. The minimum Gasteiger partial charge on any atom is -0.399 e. The number of thiazole rings is 1. The summed E-state index contributed by atoms with van der Waals surface area (Å²) in [6.07, 6.45) is 2.08. The molecule has 120 valence electrons. The molecular weight excluding hydrogens is 344 g/mol. The molecule has 4 N–H and O–H groups in total. The third-order valence-electron chi connectivity index (χ3n) is 3.74. The summed E-state index contributed by atoms with van der Waals surface area (Å²) in [5.74, 6) is -0.122. The first-order valence-electron chi connectivity index (χ1n) is 7.30. The molecule has 0 aliphatic rings. The van der Waals surface area contributed by atoms with Crippen LogP contribution in [0.4, 0.5) is 10.8 Å². The second-order valence-corrected chi connectivity index (χ2v) is 6.94. The summed E-state index contributed by atoms with van der Waals surface area (Å²) in [7, 11) is 0. The van der Waals surface area contributed by atoms with Crippen LogP contribution in [-0.4, -0.2) is 15.9 Å². The SMILES string of the molecule is Nc1ccc2sc(NC(=O)Cc3c[nH]c4ccc(Cl)cc34)nc2c1. The van der Waals surface area contributed by atoms with Crippen LogP contribution >= 0.6 is 22.9 Å². The second kappa shape index (κ2) is 5.81. The zero-order valence-electron chi connectivity index (χ0n) is 12.5. The summed E-state index contributed by atoms with van der Waals surface area (Å²) in [6.45, 7) is 0. The average molecular weight is 357 g/mol. The van der Waals surface area contributed by atoms with E-state index in [1.165, 1.54) is 11.3 Å². The maximum absolute atomic E-state index is 12.3. The number of fused-ring (bicyclic) bond motifs is 2. The highest BCUT2D eigenvalue weighted by Gasteiger charge is 2.12. The molecule has 0 aliphatic heterocycles. The van der Waals surface area contributed by atoms with E-state index in [4.69, 9.17) is 17.3 Å². The lowest BCUT2D eigenvalue weighted by molar-refractivity contribution is -0.115. The molecule has 2 heterocycles. The summed E-state index contributed by atoms with van der Waals surface area (Å²) in [5, 5.41) is 5.02. The number of anilines is 2. The van der Waals surface area contributed by atoms with Gasteiger partial charge in [0.1, 0.15) is 0 Å². The Kier molecular flexibility index (Phi) is 3.63. The number of H-pyrrole nitrogens is 1. The van der Waals surface area contributed by atoms with Gasteiger partial charge >= 0.3 is 0 Å². The Morgan fingerprint density at radius 1 is 1.29 bits per heavy atom. The smallest absolute Gasteiger partial charge is 0.230 e. The minimum atomic E-state index is -0.122. The molecule has 0 bridgehead atoms. The number of amides is 1. The van der Waals surface area contributed by atoms with Gasteiger partial charge in [-0.25, -0.2) is 4.98 Å². The van der Waals surface area contributed by atoms with E-state index < -0.39 is 0 Å². The standard InChI is InChI=1S/C17H13ClN4OS/c18-10-1-3-13-12(6-10)9(8-20-13)5-16(23)22-17-21-14-7-11(19)2-4-15(14)24-17/h1-4,6-8,20H,5,19H2,(H,21,22,23). The van der Waals surface area contributed by atoms with E-state index in [1.807, 2.05) is 36.5 Å². The highest BCUT2D eigenvalue weighted by atomic mass is 35.5. The Hall–Kier alpha value is -2.57. The van der Waals surface area contributed by atoms with Gasteiger partial charge in [0.25, 0.3) is 0 Å². The van der Waals surface area contributed by atoms with Gasteiger partial charge in [0.2, 0.25) is 5.91 Å². The predicted octanol–water partition coefficient (Wildman–Crippen LogP) is 4.19. The van der Waals surface area contributed by atoms with Gasteiger partial charge in [-0.3, -0.25) is 4.79 Å². The number of halogens is 1. The maximum Gasteiger partial charge on any atom is 0.230 e. The van der Waals surface area contributed by atoms with Gasteiger partial charge in [0, 0.05) is 27.8 Å². The van der Waals surface area contributed by atoms with Crippen molar-refractivity contribution in [2.75, 3.05) is 11.1 Å². The molecule has 0 spiro atoms. The number of carbonyl (C=O) groups excluding carboxylic acids is 1. The lowest BCUT2D eigenvalue weighted by Gasteiger charge is -2.01. The van der Waals surface area contributed by atoms with Crippen LogP contribution < -0.4 is 11.1 Å². The van der Waals surface area contributed by atoms with Crippen molar-refractivity contribution in [2.45, 2.75) is 6.42 Å². The number of hydrogen-bond acceptors (Lipinski definition) is 4. The topological polar surface area (TPSA) is 83.8 Å². The van der Waals surface area contributed by atoms with E-state index in [9.17, 15) is 4.79 Å². The first kappa shape index (κ1) is 15.0. The summed E-state index contributed by atoms with van der Waals surface area (Å²) >= 11 is 7.46. The minimum absolute atomic E-state index is 0.122. The van der Waals surface area contributed by atoms with E-state index in [0.717, 1.165) is 26.7 Å². The third kappa shape index (κ3) is 2.81. The van der Waals surface area contributed by atoms with Gasteiger partial charge in [0.05, 0.1) is 16.6 Å². The van der Waals surface area contributed by atoms with Gasteiger partial charge in [0.15, 0.2) is 5.13 Å². The van der Waals surface area contributed by atoms with E-state index in [0.29, 0.717) is 15.8 Å². The van der Waals surface area contributed by atoms with Crippen LogP contribution in [0.5, 0.6) is 0 Å². The normalized spacial score (nSPS) is 11.2. The monoisotopic (exact) mass is 356 g/mol. The van der Waals surface area contributed by atoms with Crippen LogP contribution in [0, 0.1) is 0 Å². The number of benzene rings is 2. The van der Waals surface area contributed by atoms with E-state index in [-0.39, 0.29) is 12.3 Å². The zero-order chi connectivity index (χ0) is 16.7. The third-order valence-corrected chi connectivity index (χ3v) is 4.93. The van der Waals surface area contributed by atoms with Crippen molar-refractivity contribution < 1.29 is 4.79 Å². The lowest BCUT2D eigenvalue weighted by atomic mass is 10.1. The number of nitrogen functional groups attached to an aromatic ring is 1. The van der Waals surface area contributed by atoms with Crippen LogP contribution in [0.25, 0.3) is 21.1 Å². The lowest BCUT2D eigenvalue weighted by Crippen LogP contribution is -2.13. The van der Waals surface area contributed by atoms with Crippen LogP contribution in [-0.2, 0) is 11.2 Å². The molecule has 0 aliphatic carbocycles. The number of nitrogens with one attached hydrogen (secondary N) is 2. The van der Waals surface area contributed by atoms with Crippen molar-refractivity contribution in [3.8, 4) is 0 Å². The summed E-state index contributed by atoms with van der Waals surface area (Å²) in [4.78, 5) is 19.9. The molecule has 0 radical (unpaired) electrons. The molecule has 0 unspecified atom stereocenters. The van der Waals surface area contributed by atoms with Crippen LogP contribution in [0.1, 0.15) is 5.56 Å². The molecule has 0 saturated heterocycles. The number of aromatic nitrogens is 2. The van der Waals surface area contributed by atoms with Gasteiger partial charge in [-0.1, -0.05) is 22.9 Å². The van der Waals surface area contributed by atoms with Crippen molar-refractivity contribution in [2.24, 2.45) is 0 Å². The summed E-state index contributed by atoms with van der Waals surface area (Å²) < 4.78 is 0.985. The molecule has 24 heavy (non-hydrogen) atoms. The Morgan fingerprint density at radius 2 is 2.17 bits per heavy atom. The molecule has 7 heteroatoms. The molecule has 1 amide bonds. The van der Waals surface area contributed by atoms with Gasteiger partial charge in [-0.2, -0.15) is 0 Å². The second-order valence-electron chi connectivity index (χ2n) is 5.47. The predicted molar refractivity (Wildman–Crippen MR) is 99.7 cm³/mol. The number of nitrogens with two attached hydrogens (primary N) is 1. The first-order valence-corrected chi connectivity index (χ1v) is 8.49. The molecule has 0 saturated carbocycles. The van der Waals surface area contributed by atoms with Crippen LogP contribution in [0.2, 0.25) is 5.02 Å². The van der Waals surface area contributed by atoms with E-state index >= 15 is 0 Å². The number of carbonyl (C=O) groups is 1. The van der Waals surface area contributed by atoms with E-state index in [2.05, 4.69) is 15.3 Å². The number of nitrogens with zero attached hydrogens (tertiary/aromatic N) is 1. The summed E-state index contributed by atoms with van der Waals surface area (Å²) in [5.41, 5.74) is 9.05. The Balaban J connectivity index is 1.55. The molecule has 4 rings (SSSR count). The molecule has 2 aromatic carbocycles. The maximum atomic E-state index is 12.3. The Morgan fingerprint density at radius 3 is 3.04 bits per heavy atom. The van der Waals surface area contributed by atoms with Crippen LogP contribution in [0.3, 0.4) is 0 Å².